The van der Waals surface area contributed by atoms with Crippen LogP contribution < -0.4 is 10.1 Å². The highest BCUT2D eigenvalue weighted by Crippen LogP contribution is 2.31. The van der Waals surface area contributed by atoms with Gasteiger partial charge in [-0.05, 0) is 24.6 Å². The van der Waals surface area contributed by atoms with E-state index in [0.717, 1.165) is 11.6 Å². The molecule has 0 aromatic heterocycles. The van der Waals surface area contributed by atoms with Crippen LogP contribution in [0.2, 0.25) is 0 Å². The van der Waals surface area contributed by atoms with Crippen molar-refractivity contribution >= 4 is 17.6 Å². The van der Waals surface area contributed by atoms with Crippen molar-refractivity contribution in [3.63, 3.8) is 0 Å². The van der Waals surface area contributed by atoms with Crippen molar-refractivity contribution in [1.82, 2.24) is 0 Å². The molecule has 1 N–H and O–H groups in total. The molecule has 1 aromatic rings. The van der Waals surface area contributed by atoms with Gasteiger partial charge >= 0.3 is 5.97 Å². The van der Waals surface area contributed by atoms with E-state index in [0.29, 0.717) is 11.4 Å². The van der Waals surface area contributed by atoms with Gasteiger partial charge < -0.3 is 14.8 Å². The van der Waals surface area contributed by atoms with E-state index < -0.39 is 11.9 Å². The van der Waals surface area contributed by atoms with Crippen LogP contribution in [0.5, 0.6) is 5.75 Å². The Kier molecular flexibility index (Phi) is 2.82. The summed E-state index contributed by atoms with van der Waals surface area (Å²) >= 11 is 0. The molecule has 0 unspecified atom stereocenters. The molecule has 88 valence electrons. The van der Waals surface area contributed by atoms with Gasteiger partial charge in [0.1, 0.15) is 0 Å². The SMILES string of the molecule is COC(=O)/C=C1\Oc2cc(C)ccc2NC1=O. The lowest BCUT2D eigenvalue weighted by molar-refractivity contribution is -0.135. The van der Waals surface area contributed by atoms with Crippen LogP contribution in [-0.4, -0.2) is 19.0 Å². The highest BCUT2D eigenvalue weighted by Gasteiger charge is 2.22. The maximum Gasteiger partial charge on any atom is 0.334 e. The first-order valence-corrected chi connectivity index (χ1v) is 4.99. The summed E-state index contributed by atoms with van der Waals surface area (Å²) < 4.78 is 9.78. The summed E-state index contributed by atoms with van der Waals surface area (Å²) in [6.45, 7) is 1.91. The van der Waals surface area contributed by atoms with Gasteiger partial charge in [0.15, 0.2) is 11.5 Å². The zero-order valence-electron chi connectivity index (χ0n) is 9.44. The van der Waals surface area contributed by atoms with E-state index in [9.17, 15) is 9.59 Å². The van der Waals surface area contributed by atoms with Crippen LogP contribution in [0, 0.1) is 6.92 Å². The van der Waals surface area contributed by atoms with Crippen molar-refractivity contribution in [3.05, 3.63) is 35.6 Å². The van der Waals surface area contributed by atoms with E-state index in [1.165, 1.54) is 7.11 Å². The number of hydrogen-bond acceptors (Lipinski definition) is 4. The van der Waals surface area contributed by atoms with Crippen molar-refractivity contribution in [2.75, 3.05) is 12.4 Å². The van der Waals surface area contributed by atoms with Crippen molar-refractivity contribution in [3.8, 4) is 5.75 Å². The number of benzene rings is 1. The summed E-state index contributed by atoms with van der Waals surface area (Å²) in [6, 6.07) is 5.38. The fraction of sp³-hybridized carbons (Fsp3) is 0.167. The molecule has 5 heteroatoms. The van der Waals surface area contributed by atoms with Crippen molar-refractivity contribution in [2.45, 2.75) is 6.92 Å². The molecular weight excluding hydrogens is 222 g/mol. The third-order valence-electron chi connectivity index (χ3n) is 2.28. The number of fused-ring (bicyclic) bond motifs is 1. The van der Waals surface area contributed by atoms with Gasteiger partial charge in [0.2, 0.25) is 0 Å². The quantitative estimate of drug-likeness (QED) is 0.588. The second-order valence-electron chi connectivity index (χ2n) is 3.59. The number of amides is 1. The van der Waals surface area contributed by atoms with Crippen molar-refractivity contribution < 1.29 is 19.1 Å². The number of aryl methyl sites for hydroxylation is 1. The predicted molar refractivity (Wildman–Crippen MR) is 60.5 cm³/mol. The molecule has 0 saturated heterocycles. The molecule has 1 amide bonds. The second-order valence-corrected chi connectivity index (χ2v) is 3.59. The standard InChI is InChI=1S/C12H11NO4/c1-7-3-4-8-9(5-7)17-10(12(15)13-8)6-11(14)16-2/h3-6H,1-2H3,(H,13,15)/b10-6-. The molecule has 0 spiro atoms. The van der Waals surface area contributed by atoms with Crippen LogP contribution in [0.4, 0.5) is 5.69 Å². The number of carbonyl (C=O) groups excluding carboxylic acids is 2. The van der Waals surface area contributed by atoms with Crippen LogP contribution in [0.15, 0.2) is 30.0 Å². The minimum atomic E-state index is -0.633. The van der Waals surface area contributed by atoms with E-state index in [2.05, 4.69) is 10.1 Å². The van der Waals surface area contributed by atoms with Gasteiger partial charge in [0.05, 0.1) is 18.9 Å². The lowest BCUT2D eigenvalue weighted by Crippen LogP contribution is -2.24. The topological polar surface area (TPSA) is 64.6 Å². The Balaban J connectivity index is 2.35. The predicted octanol–water partition coefficient (Wildman–Crippen LogP) is 1.38. The van der Waals surface area contributed by atoms with Gasteiger partial charge in [-0.3, -0.25) is 4.79 Å². The van der Waals surface area contributed by atoms with Crippen molar-refractivity contribution in [1.29, 1.82) is 0 Å². The summed E-state index contributed by atoms with van der Waals surface area (Å²) in [7, 11) is 1.23. The minimum Gasteiger partial charge on any atom is -0.466 e. The molecule has 0 atom stereocenters. The summed E-state index contributed by atoms with van der Waals surface area (Å²) in [6.07, 6.45) is 1.01. The molecule has 0 radical (unpaired) electrons. The number of carbonyl (C=O) groups is 2. The van der Waals surface area contributed by atoms with Crippen molar-refractivity contribution in [2.24, 2.45) is 0 Å². The van der Waals surface area contributed by atoms with Gasteiger partial charge in [-0.1, -0.05) is 6.07 Å². The Labute approximate surface area is 98.0 Å². The first kappa shape index (κ1) is 11.2. The molecule has 0 bridgehead atoms. The largest absolute Gasteiger partial charge is 0.466 e. The zero-order chi connectivity index (χ0) is 12.4. The van der Waals surface area contributed by atoms with E-state index in [1.54, 1.807) is 12.1 Å². The van der Waals surface area contributed by atoms with Crippen LogP contribution in [0.25, 0.3) is 0 Å². The smallest absolute Gasteiger partial charge is 0.334 e. The molecular formula is C12H11NO4. The maximum atomic E-state index is 11.6. The second kappa shape index (κ2) is 4.29. The number of anilines is 1. The number of nitrogens with one attached hydrogen (secondary N) is 1. The molecule has 1 aliphatic rings. The molecule has 0 fully saturated rings. The fourth-order valence-electron chi connectivity index (χ4n) is 1.43. The lowest BCUT2D eigenvalue weighted by Gasteiger charge is -2.19. The molecule has 2 rings (SSSR count). The van der Waals surface area contributed by atoms with Gasteiger partial charge in [-0.15, -0.1) is 0 Å². The summed E-state index contributed by atoms with van der Waals surface area (Å²) in [5, 5.41) is 2.63. The van der Waals surface area contributed by atoms with Gasteiger partial charge in [0, 0.05) is 0 Å². The third kappa shape index (κ3) is 2.28. The van der Waals surface area contributed by atoms with E-state index in [1.807, 2.05) is 13.0 Å². The average Bonchev–Trinajstić information content (AvgIpc) is 2.30. The van der Waals surface area contributed by atoms with E-state index in [4.69, 9.17) is 4.74 Å². The summed E-state index contributed by atoms with van der Waals surface area (Å²) in [4.78, 5) is 22.6. The Morgan fingerprint density at radius 1 is 1.47 bits per heavy atom. The normalized spacial score (nSPS) is 15.9. The highest BCUT2D eigenvalue weighted by molar-refractivity contribution is 6.08. The Bertz CT molecular complexity index is 519. The number of rotatable bonds is 1. The Morgan fingerprint density at radius 2 is 2.24 bits per heavy atom. The number of esters is 1. The van der Waals surface area contributed by atoms with Crippen LogP contribution in [0.3, 0.4) is 0 Å². The molecule has 1 heterocycles. The molecule has 5 nitrogen and oxygen atoms in total. The summed E-state index contributed by atoms with van der Waals surface area (Å²) in [5.74, 6) is -0.660. The molecule has 0 aliphatic carbocycles. The Morgan fingerprint density at radius 3 is 2.94 bits per heavy atom. The first-order valence-electron chi connectivity index (χ1n) is 4.99. The Hall–Kier alpha value is -2.30. The number of hydrogen-bond donors (Lipinski definition) is 1. The van der Waals surface area contributed by atoms with Crippen LogP contribution in [-0.2, 0) is 14.3 Å². The van der Waals surface area contributed by atoms with Gasteiger partial charge in [-0.25, -0.2) is 4.79 Å². The highest BCUT2D eigenvalue weighted by atomic mass is 16.5. The maximum absolute atomic E-state index is 11.6. The average molecular weight is 233 g/mol. The monoisotopic (exact) mass is 233 g/mol. The van der Waals surface area contributed by atoms with Gasteiger partial charge in [-0.2, -0.15) is 0 Å². The molecule has 1 aromatic carbocycles. The van der Waals surface area contributed by atoms with E-state index >= 15 is 0 Å². The molecule has 0 saturated carbocycles. The minimum absolute atomic E-state index is 0.0741. The third-order valence-corrected chi connectivity index (χ3v) is 2.28. The number of methoxy groups -OCH3 is 1. The lowest BCUT2D eigenvalue weighted by atomic mass is 10.2. The van der Waals surface area contributed by atoms with E-state index in [-0.39, 0.29) is 5.76 Å². The van der Waals surface area contributed by atoms with Crippen LogP contribution in [0.1, 0.15) is 5.56 Å². The molecule has 1 aliphatic heterocycles. The fourth-order valence-corrected chi connectivity index (χ4v) is 1.43. The zero-order valence-corrected chi connectivity index (χ0v) is 9.44. The number of ether oxygens (including phenoxy) is 2. The summed E-state index contributed by atoms with van der Waals surface area (Å²) in [5.41, 5.74) is 1.58. The van der Waals surface area contributed by atoms with Crippen LogP contribution >= 0.6 is 0 Å². The first-order chi connectivity index (χ1) is 8.10. The van der Waals surface area contributed by atoms with Gasteiger partial charge in [0.25, 0.3) is 5.91 Å². The molecule has 17 heavy (non-hydrogen) atoms.